The fraction of sp³-hybridized carbons (Fsp3) is 0.821. The minimum absolute atomic E-state index is 0. The van der Waals surface area contributed by atoms with Crippen molar-refractivity contribution in [3.63, 3.8) is 0 Å². The van der Waals surface area contributed by atoms with Gasteiger partial charge in [0.2, 0.25) is 0 Å². The van der Waals surface area contributed by atoms with Crippen LogP contribution in [0.25, 0.3) is 0 Å². The molecule has 9 heteroatoms. The van der Waals surface area contributed by atoms with E-state index >= 15 is 0 Å². The normalized spacial score (nSPS) is 28.9. The number of hydrogen-bond acceptors (Lipinski definition) is 6. The number of rotatable bonds is 8. The number of esters is 1. The topological polar surface area (TPSA) is 102 Å². The van der Waals surface area contributed by atoms with Gasteiger partial charge in [-0.1, -0.05) is 50.6 Å². The van der Waals surface area contributed by atoms with Crippen molar-refractivity contribution < 1.29 is 45.4 Å². The number of carbonyl (C=O) groups is 2. The van der Waals surface area contributed by atoms with Crippen molar-refractivity contribution in [2.45, 2.75) is 102 Å². The van der Waals surface area contributed by atoms with E-state index in [2.05, 4.69) is 10.5 Å². The summed E-state index contributed by atoms with van der Waals surface area (Å²) in [4.78, 5) is 26.7. The number of aryl methyl sites for hydroxylation is 1. The number of nitrogens with zero attached hydrogens (tertiary/aromatic N) is 2. The molecule has 37 heavy (non-hydrogen) atoms. The summed E-state index contributed by atoms with van der Waals surface area (Å²) < 4.78 is 12.1. The predicted molar refractivity (Wildman–Crippen MR) is 135 cm³/mol. The maximum Gasteiger partial charge on any atom is 0.339 e. The van der Waals surface area contributed by atoms with Crippen molar-refractivity contribution in [3.8, 4) is 0 Å². The number of hydrogen-bond donors (Lipinski definition) is 2. The number of anilines is 1. The maximum atomic E-state index is 13.8. The average molecular weight is 583 g/mol. The number of fused-ring (bicyclic) bond motifs is 3. The molecule has 2 aliphatic carbocycles. The molecule has 1 aromatic rings. The van der Waals surface area contributed by atoms with Crippen molar-refractivity contribution >= 4 is 17.7 Å². The first-order valence-corrected chi connectivity index (χ1v) is 14.5. The highest BCUT2D eigenvalue weighted by molar-refractivity contribution is 5.90. The van der Waals surface area contributed by atoms with Crippen LogP contribution in [0.5, 0.6) is 0 Å². The van der Waals surface area contributed by atoms with E-state index in [1.807, 2.05) is 6.92 Å². The van der Waals surface area contributed by atoms with Crippen molar-refractivity contribution in [2.24, 2.45) is 17.8 Å². The van der Waals surface area contributed by atoms with Gasteiger partial charge < -0.3 is 41.1 Å². The second-order valence-corrected chi connectivity index (χ2v) is 12.0. The van der Waals surface area contributed by atoms with Crippen molar-refractivity contribution in [2.75, 3.05) is 31.5 Å². The number of nitrogens with one attached hydrogen (secondary N) is 1. The summed E-state index contributed by atoms with van der Waals surface area (Å²) in [5.41, 5.74) is -1.36. The number of aromatic nitrogens is 1. The first kappa shape index (κ1) is 28.6. The van der Waals surface area contributed by atoms with Gasteiger partial charge in [0, 0.05) is 31.2 Å². The molecule has 3 saturated heterocycles. The van der Waals surface area contributed by atoms with E-state index in [-0.39, 0.29) is 46.8 Å². The van der Waals surface area contributed by atoms with E-state index in [0.717, 1.165) is 89.5 Å². The van der Waals surface area contributed by atoms with Crippen LogP contribution in [0.2, 0.25) is 0 Å². The zero-order valence-corrected chi connectivity index (χ0v) is 23.8. The lowest BCUT2D eigenvalue weighted by molar-refractivity contribution is -0.939. The Bertz CT molecular complexity index is 899. The summed E-state index contributed by atoms with van der Waals surface area (Å²) in [6.07, 6.45) is 12.8. The zero-order chi connectivity index (χ0) is 25.2. The Kier molecular flexibility index (Phi) is 9.39. The molecule has 4 heterocycles. The first-order chi connectivity index (χ1) is 17.4. The summed E-state index contributed by atoms with van der Waals surface area (Å²) in [6.45, 7) is 4.80. The monoisotopic (exact) mass is 581 g/mol. The van der Waals surface area contributed by atoms with Crippen LogP contribution in [0, 0.1) is 17.8 Å². The fourth-order valence-electron chi connectivity index (χ4n) is 7.59. The second kappa shape index (κ2) is 12.2. The number of quaternary nitrogens is 1. The molecular weight excluding hydrogens is 538 g/mol. The van der Waals surface area contributed by atoms with Crippen LogP contribution in [0.15, 0.2) is 10.6 Å². The lowest BCUT2D eigenvalue weighted by Gasteiger charge is -2.52. The molecule has 5 aliphatic rings. The Hall–Kier alpha value is -1.45. The number of aliphatic hydroxyl groups is 1. The molecule has 8 nitrogen and oxygen atoms in total. The van der Waals surface area contributed by atoms with Crippen molar-refractivity contribution in [3.05, 3.63) is 11.8 Å². The quantitative estimate of drug-likeness (QED) is 0.353. The van der Waals surface area contributed by atoms with Gasteiger partial charge in [-0.15, -0.1) is 0 Å². The number of ether oxygens (including phenoxy) is 1. The van der Waals surface area contributed by atoms with E-state index < -0.39 is 5.60 Å². The van der Waals surface area contributed by atoms with Crippen LogP contribution in [-0.4, -0.2) is 64.5 Å². The smallest absolute Gasteiger partial charge is 0.339 e. The second-order valence-electron chi connectivity index (χ2n) is 12.0. The van der Waals surface area contributed by atoms with Gasteiger partial charge >= 0.3 is 5.97 Å². The van der Waals surface area contributed by atoms with Crippen LogP contribution in [0.1, 0.15) is 89.7 Å². The molecule has 0 radical (unpaired) electrons. The summed E-state index contributed by atoms with van der Waals surface area (Å²) >= 11 is 0. The Morgan fingerprint density at radius 3 is 2.19 bits per heavy atom. The molecule has 2 saturated carbocycles. The highest BCUT2D eigenvalue weighted by Gasteiger charge is 2.54. The summed E-state index contributed by atoms with van der Waals surface area (Å²) in [5, 5.41) is 18.9. The van der Waals surface area contributed by atoms with E-state index in [0.29, 0.717) is 29.3 Å². The molecule has 208 valence electrons. The van der Waals surface area contributed by atoms with Crippen LogP contribution in [0.4, 0.5) is 5.82 Å². The largest absolute Gasteiger partial charge is 1.00 e. The lowest BCUT2D eigenvalue weighted by Crippen LogP contribution is -3.00. The molecule has 1 atom stereocenters. The van der Waals surface area contributed by atoms with Gasteiger partial charge in [0.15, 0.2) is 24.1 Å². The Morgan fingerprint density at radius 2 is 1.65 bits per heavy atom. The molecule has 2 bridgehead atoms. The Morgan fingerprint density at radius 1 is 1.05 bits per heavy atom. The maximum absolute atomic E-state index is 13.8. The fourth-order valence-corrected chi connectivity index (χ4v) is 7.59. The third kappa shape index (κ3) is 6.09. The number of carbonyl (C=O) groups excluding carboxylic acids is 2. The molecule has 1 aromatic heterocycles. The SMILES string of the molecule is CCc1cc(NC(=O)C[N+]23CCC(CC2)[C@@H](OC(=O)C(O)(C2CCCCC2)C2CCCCC2)C3)no1.[Br-]. The molecule has 3 aliphatic heterocycles. The van der Waals surface area contributed by atoms with E-state index in [1.54, 1.807) is 6.07 Å². The number of piperidine rings is 3. The van der Waals surface area contributed by atoms with Crippen LogP contribution < -0.4 is 22.3 Å². The molecule has 2 N–H and O–H groups in total. The third-order valence-electron chi connectivity index (χ3n) is 9.74. The minimum Gasteiger partial charge on any atom is -1.00 e. The standard InChI is InChI=1S/C28H43N3O5.BrH/c1-2-23-17-25(30-36-23)29-26(32)19-31-15-13-20(14-16-31)24(18-31)35-27(33)28(34,21-9-5-3-6-10-21)22-11-7-4-8-12-22;/h17,20-22,24,34H,2-16,18-19H2,1H3;1H/t20?,24-,31?;/m0./s1. The van der Waals surface area contributed by atoms with Crippen LogP contribution in [0.3, 0.4) is 0 Å². The summed E-state index contributed by atoms with van der Waals surface area (Å²) in [5.74, 6) is 1.07. The average Bonchev–Trinajstić information content (AvgIpc) is 3.36. The molecular formula is C28H44BrN3O5. The molecule has 0 spiro atoms. The van der Waals surface area contributed by atoms with Gasteiger partial charge in [0.05, 0.1) is 13.1 Å². The predicted octanol–water partition coefficient (Wildman–Crippen LogP) is 1.22. The zero-order valence-electron chi connectivity index (χ0n) is 22.3. The Balaban J connectivity index is 0.00000320. The van der Waals surface area contributed by atoms with Crippen molar-refractivity contribution in [1.29, 1.82) is 0 Å². The van der Waals surface area contributed by atoms with Gasteiger partial charge in [-0.2, -0.15) is 0 Å². The third-order valence-corrected chi connectivity index (χ3v) is 9.74. The lowest BCUT2D eigenvalue weighted by atomic mass is 9.66. The van der Waals surface area contributed by atoms with Crippen molar-refractivity contribution in [1.82, 2.24) is 5.16 Å². The summed E-state index contributed by atoms with van der Waals surface area (Å²) in [7, 11) is 0. The summed E-state index contributed by atoms with van der Waals surface area (Å²) in [6, 6.07) is 1.77. The van der Waals surface area contributed by atoms with Crippen LogP contribution >= 0.6 is 0 Å². The molecule has 0 unspecified atom stereocenters. The van der Waals surface area contributed by atoms with E-state index in [9.17, 15) is 14.7 Å². The van der Waals surface area contributed by atoms with Gasteiger partial charge in [0.1, 0.15) is 12.3 Å². The van der Waals surface area contributed by atoms with Gasteiger partial charge in [0.25, 0.3) is 5.91 Å². The Labute approximate surface area is 231 Å². The first-order valence-electron chi connectivity index (χ1n) is 14.5. The molecule has 6 rings (SSSR count). The minimum atomic E-state index is -1.36. The van der Waals surface area contributed by atoms with E-state index in [4.69, 9.17) is 9.26 Å². The molecule has 0 aromatic carbocycles. The van der Waals surface area contributed by atoms with Crippen LogP contribution in [-0.2, 0) is 20.7 Å². The van der Waals surface area contributed by atoms with E-state index in [1.165, 1.54) is 12.8 Å². The van der Waals surface area contributed by atoms with Gasteiger partial charge in [-0.25, -0.2) is 4.79 Å². The highest BCUT2D eigenvalue weighted by Crippen LogP contribution is 2.45. The number of halogens is 1. The van der Waals surface area contributed by atoms with Gasteiger partial charge in [-0.3, -0.25) is 4.79 Å². The molecule has 5 fully saturated rings. The number of amides is 1. The van der Waals surface area contributed by atoms with Gasteiger partial charge in [-0.05, 0) is 37.5 Å². The highest BCUT2D eigenvalue weighted by atomic mass is 79.9. The molecule has 1 amide bonds.